The predicted molar refractivity (Wildman–Crippen MR) is 56.8 cm³/mol. The Morgan fingerprint density at radius 3 is 2.40 bits per heavy atom. The average molecular weight is 216 g/mol. The molecule has 15 heavy (non-hydrogen) atoms. The van der Waals surface area contributed by atoms with Gasteiger partial charge in [0, 0.05) is 38.8 Å². The Morgan fingerprint density at radius 2 is 1.93 bits per heavy atom. The molecule has 0 saturated carbocycles. The van der Waals surface area contributed by atoms with E-state index in [0.717, 1.165) is 32.7 Å². The van der Waals surface area contributed by atoms with Crippen molar-refractivity contribution in [1.29, 1.82) is 0 Å². The standard InChI is InChI=1S/C10H20N2O3/c1-9(8-10(14)15)12-4-2-11(3-5-12)6-7-13/h9,13H,2-8H2,1H3,(H,14,15). The third-order valence-electron chi connectivity index (χ3n) is 2.92. The Balaban J connectivity index is 2.27. The first kappa shape index (κ1) is 12.4. The molecular weight excluding hydrogens is 196 g/mol. The van der Waals surface area contributed by atoms with Crippen LogP contribution in [0.1, 0.15) is 13.3 Å². The number of nitrogens with zero attached hydrogens (tertiary/aromatic N) is 2. The first-order valence-electron chi connectivity index (χ1n) is 5.42. The lowest BCUT2D eigenvalue weighted by atomic mass is 10.1. The minimum Gasteiger partial charge on any atom is -0.481 e. The van der Waals surface area contributed by atoms with Gasteiger partial charge in [-0.25, -0.2) is 0 Å². The van der Waals surface area contributed by atoms with Gasteiger partial charge in [0.05, 0.1) is 13.0 Å². The van der Waals surface area contributed by atoms with Crippen LogP contribution in [-0.2, 0) is 4.79 Å². The van der Waals surface area contributed by atoms with E-state index in [1.807, 2.05) is 6.92 Å². The van der Waals surface area contributed by atoms with Crippen LogP contribution in [0.3, 0.4) is 0 Å². The summed E-state index contributed by atoms with van der Waals surface area (Å²) < 4.78 is 0. The van der Waals surface area contributed by atoms with E-state index < -0.39 is 5.97 Å². The number of aliphatic hydroxyl groups is 1. The molecule has 1 aliphatic heterocycles. The molecule has 88 valence electrons. The summed E-state index contributed by atoms with van der Waals surface area (Å²) in [6, 6.07) is 0.110. The van der Waals surface area contributed by atoms with Gasteiger partial charge in [0.2, 0.25) is 0 Å². The molecule has 5 nitrogen and oxygen atoms in total. The molecule has 1 saturated heterocycles. The van der Waals surface area contributed by atoms with Crippen molar-refractivity contribution < 1.29 is 15.0 Å². The maximum absolute atomic E-state index is 10.5. The third-order valence-corrected chi connectivity index (χ3v) is 2.92. The first-order valence-corrected chi connectivity index (χ1v) is 5.42. The van der Waals surface area contributed by atoms with Gasteiger partial charge in [-0.05, 0) is 6.92 Å². The van der Waals surface area contributed by atoms with Crippen LogP contribution in [0.4, 0.5) is 0 Å². The zero-order valence-corrected chi connectivity index (χ0v) is 9.22. The smallest absolute Gasteiger partial charge is 0.304 e. The highest BCUT2D eigenvalue weighted by Gasteiger charge is 2.21. The number of aliphatic carboxylic acids is 1. The summed E-state index contributed by atoms with van der Waals surface area (Å²) in [5, 5.41) is 17.5. The molecule has 1 fully saturated rings. The predicted octanol–water partition coefficient (Wildman–Crippen LogP) is -0.540. The van der Waals surface area contributed by atoms with Crippen LogP contribution in [0.5, 0.6) is 0 Å². The van der Waals surface area contributed by atoms with Crippen LogP contribution in [0.25, 0.3) is 0 Å². The zero-order valence-electron chi connectivity index (χ0n) is 9.22. The number of carboxylic acid groups (broad SMARTS) is 1. The molecule has 0 spiro atoms. The molecule has 1 unspecified atom stereocenters. The van der Waals surface area contributed by atoms with Crippen LogP contribution in [0, 0.1) is 0 Å². The van der Waals surface area contributed by atoms with E-state index in [0.29, 0.717) is 0 Å². The van der Waals surface area contributed by atoms with Gasteiger partial charge in [-0.1, -0.05) is 0 Å². The van der Waals surface area contributed by atoms with Gasteiger partial charge >= 0.3 is 5.97 Å². The quantitative estimate of drug-likeness (QED) is 0.646. The maximum Gasteiger partial charge on any atom is 0.304 e. The summed E-state index contributed by atoms with van der Waals surface area (Å²) in [7, 11) is 0. The zero-order chi connectivity index (χ0) is 11.3. The van der Waals surface area contributed by atoms with Crippen molar-refractivity contribution >= 4 is 5.97 Å². The summed E-state index contributed by atoms with van der Waals surface area (Å²) in [6.07, 6.45) is 0.208. The van der Waals surface area contributed by atoms with E-state index in [-0.39, 0.29) is 19.1 Å². The summed E-state index contributed by atoms with van der Waals surface area (Å²) in [4.78, 5) is 14.9. The van der Waals surface area contributed by atoms with E-state index in [4.69, 9.17) is 10.2 Å². The highest BCUT2D eigenvalue weighted by molar-refractivity contribution is 5.67. The van der Waals surface area contributed by atoms with Gasteiger partial charge < -0.3 is 10.2 Å². The first-order chi connectivity index (χ1) is 7.13. The van der Waals surface area contributed by atoms with Crippen LogP contribution in [-0.4, -0.2) is 71.4 Å². The second-order valence-electron chi connectivity index (χ2n) is 4.05. The van der Waals surface area contributed by atoms with Crippen molar-refractivity contribution in [2.75, 3.05) is 39.3 Å². The lowest BCUT2D eigenvalue weighted by Gasteiger charge is -2.37. The van der Waals surface area contributed by atoms with Crippen molar-refractivity contribution in [3.63, 3.8) is 0 Å². The van der Waals surface area contributed by atoms with Crippen LogP contribution in [0.2, 0.25) is 0 Å². The summed E-state index contributed by atoms with van der Waals surface area (Å²) in [6.45, 7) is 6.51. The highest BCUT2D eigenvalue weighted by Crippen LogP contribution is 2.08. The van der Waals surface area contributed by atoms with E-state index in [2.05, 4.69) is 9.80 Å². The van der Waals surface area contributed by atoms with Crippen molar-refractivity contribution in [3.05, 3.63) is 0 Å². The maximum atomic E-state index is 10.5. The molecule has 0 amide bonds. The van der Waals surface area contributed by atoms with E-state index in [1.54, 1.807) is 0 Å². The third kappa shape index (κ3) is 4.15. The Kier molecular flexibility index (Phi) is 5.01. The minimum atomic E-state index is -0.736. The molecule has 1 atom stereocenters. The molecule has 0 bridgehead atoms. The SMILES string of the molecule is CC(CC(=O)O)N1CCN(CCO)CC1. The molecule has 0 aliphatic carbocycles. The monoisotopic (exact) mass is 216 g/mol. The number of piperazine rings is 1. The van der Waals surface area contributed by atoms with Gasteiger partial charge in [-0.2, -0.15) is 0 Å². The molecule has 1 aliphatic rings. The van der Waals surface area contributed by atoms with Crippen molar-refractivity contribution in [1.82, 2.24) is 9.80 Å². The summed E-state index contributed by atoms with van der Waals surface area (Å²) >= 11 is 0. The molecule has 1 heterocycles. The van der Waals surface area contributed by atoms with Gasteiger partial charge in [-0.3, -0.25) is 14.6 Å². The molecule has 0 aromatic carbocycles. The number of carboxylic acids is 1. The van der Waals surface area contributed by atoms with Gasteiger partial charge in [0.25, 0.3) is 0 Å². The Morgan fingerprint density at radius 1 is 1.33 bits per heavy atom. The number of hydrogen-bond acceptors (Lipinski definition) is 4. The Labute approximate surface area is 90.3 Å². The number of β-amino-alcohol motifs (C(OH)–C–C–N with tert-alkyl or cyclic N) is 1. The van der Waals surface area contributed by atoms with Gasteiger partial charge in [-0.15, -0.1) is 0 Å². The van der Waals surface area contributed by atoms with Crippen molar-refractivity contribution in [2.24, 2.45) is 0 Å². The van der Waals surface area contributed by atoms with Gasteiger partial charge in [0.15, 0.2) is 0 Å². The van der Waals surface area contributed by atoms with Gasteiger partial charge in [0.1, 0.15) is 0 Å². The highest BCUT2D eigenvalue weighted by atomic mass is 16.4. The van der Waals surface area contributed by atoms with E-state index in [9.17, 15) is 4.79 Å². The molecule has 1 rings (SSSR count). The molecule has 0 radical (unpaired) electrons. The average Bonchev–Trinajstić information content (AvgIpc) is 2.18. The lowest BCUT2D eigenvalue weighted by molar-refractivity contribution is -0.138. The number of rotatable bonds is 5. The molecule has 0 aromatic heterocycles. The lowest BCUT2D eigenvalue weighted by Crippen LogP contribution is -2.50. The number of aliphatic hydroxyl groups excluding tert-OH is 1. The van der Waals surface area contributed by atoms with Crippen molar-refractivity contribution in [2.45, 2.75) is 19.4 Å². The fourth-order valence-corrected chi connectivity index (χ4v) is 1.95. The normalized spacial score (nSPS) is 21.5. The molecule has 2 N–H and O–H groups in total. The minimum absolute atomic E-state index is 0.110. The topological polar surface area (TPSA) is 64.0 Å². The Hall–Kier alpha value is -0.650. The van der Waals surface area contributed by atoms with Crippen LogP contribution in [0.15, 0.2) is 0 Å². The number of hydrogen-bond donors (Lipinski definition) is 2. The van der Waals surface area contributed by atoms with E-state index >= 15 is 0 Å². The Bertz CT molecular complexity index is 203. The summed E-state index contributed by atoms with van der Waals surface area (Å²) in [5.74, 6) is -0.736. The fraction of sp³-hybridized carbons (Fsp3) is 0.900. The summed E-state index contributed by atoms with van der Waals surface area (Å²) in [5.41, 5.74) is 0. The van der Waals surface area contributed by atoms with Crippen LogP contribution < -0.4 is 0 Å². The molecular formula is C10H20N2O3. The molecule has 5 heteroatoms. The molecule has 0 aromatic rings. The second kappa shape index (κ2) is 6.05. The van der Waals surface area contributed by atoms with Crippen molar-refractivity contribution in [3.8, 4) is 0 Å². The number of carbonyl (C=O) groups is 1. The fourth-order valence-electron chi connectivity index (χ4n) is 1.95. The second-order valence-corrected chi connectivity index (χ2v) is 4.05. The van der Waals surface area contributed by atoms with E-state index in [1.165, 1.54) is 0 Å². The largest absolute Gasteiger partial charge is 0.481 e. The van der Waals surface area contributed by atoms with Crippen LogP contribution >= 0.6 is 0 Å².